The van der Waals surface area contributed by atoms with Crippen LogP contribution in [0.1, 0.15) is 50.1 Å². The van der Waals surface area contributed by atoms with Gasteiger partial charge >= 0.3 is 0 Å². The summed E-state index contributed by atoms with van der Waals surface area (Å²) in [6, 6.07) is 81.7. The third kappa shape index (κ3) is 4.90. The van der Waals surface area contributed by atoms with E-state index in [0.717, 1.165) is 44.6 Å². The molecule has 0 fully saturated rings. The molecule has 3 heterocycles. The zero-order valence-corrected chi connectivity index (χ0v) is 38.4. The van der Waals surface area contributed by atoms with E-state index in [4.69, 9.17) is 4.42 Å². The first-order chi connectivity index (χ1) is 33.7. The largest absolute Gasteiger partial charge is 0.456 e. The molecule has 0 unspecified atom stereocenters. The van der Waals surface area contributed by atoms with Crippen LogP contribution in [0.5, 0.6) is 0 Å². The average Bonchev–Trinajstić information content (AvgIpc) is 4.03. The van der Waals surface area contributed by atoms with Gasteiger partial charge < -0.3 is 9.32 Å². The van der Waals surface area contributed by atoms with Crippen molar-refractivity contribution >= 4 is 68.6 Å². The summed E-state index contributed by atoms with van der Waals surface area (Å²) in [6.45, 7) is 4.17. The molecule has 2 nitrogen and oxygen atoms in total. The fourth-order valence-electron chi connectivity index (χ4n) is 12.5. The summed E-state index contributed by atoms with van der Waals surface area (Å²) in [5.74, 6) is 0. The molecule has 0 saturated heterocycles. The smallest absolute Gasteiger partial charge is 0.137 e. The lowest BCUT2D eigenvalue weighted by molar-refractivity contribution is 0.669. The van der Waals surface area contributed by atoms with Gasteiger partial charge in [0.25, 0.3) is 0 Å². The quantitative estimate of drug-likeness (QED) is 0.175. The van der Waals surface area contributed by atoms with Crippen LogP contribution in [-0.2, 0) is 10.8 Å². The maximum atomic E-state index is 6.66. The number of benzene rings is 10. The molecule has 4 aliphatic rings. The molecule has 2 aliphatic carbocycles. The predicted octanol–water partition coefficient (Wildman–Crippen LogP) is 17.4. The van der Waals surface area contributed by atoms with Gasteiger partial charge in [0.1, 0.15) is 11.2 Å². The van der Waals surface area contributed by atoms with Crippen molar-refractivity contribution in [2.24, 2.45) is 0 Å². The Morgan fingerprint density at radius 1 is 0.382 bits per heavy atom. The fourth-order valence-corrected chi connectivity index (χ4v) is 14.9. The maximum absolute atomic E-state index is 6.66. The summed E-state index contributed by atoms with van der Waals surface area (Å²) in [4.78, 5) is 7.58. The Morgan fingerprint density at radius 2 is 0.853 bits per heavy atom. The van der Waals surface area contributed by atoms with Gasteiger partial charge in [-0.3, -0.25) is 0 Å². The highest BCUT2D eigenvalue weighted by Gasteiger charge is 2.52. The second kappa shape index (κ2) is 14.1. The summed E-state index contributed by atoms with van der Waals surface area (Å²) >= 11 is 3.75. The molecule has 318 valence electrons. The number of furan rings is 1. The molecule has 15 rings (SSSR count). The Kier molecular flexibility index (Phi) is 7.97. The molecular weight excluding hydrogens is 863 g/mol. The minimum atomic E-state index is -0.559. The van der Waals surface area contributed by atoms with Crippen molar-refractivity contribution in [1.29, 1.82) is 0 Å². The Labute approximate surface area is 403 Å². The van der Waals surface area contributed by atoms with Crippen molar-refractivity contribution in [3.05, 3.63) is 275 Å². The van der Waals surface area contributed by atoms with Crippen molar-refractivity contribution in [3.8, 4) is 22.3 Å². The van der Waals surface area contributed by atoms with Crippen molar-refractivity contribution < 1.29 is 4.42 Å². The molecule has 4 heteroatoms. The lowest BCUT2D eigenvalue weighted by Gasteiger charge is -2.41. The normalized spacial score (nSPS) is 14.6. The fraction of sp³-hybridized carbons (Fsp3) is 0.0312. The number of hydrogen-bond donors (Lipinski definition) is 0. The number of anilines is 3. The molecule has 2 spiro atoms. The van der Waals surface area contributed by atoms with Crippen molar-refractivity contribution in [2.45, 2.75) is 30.4 Å². The minimum Gasteiger partial charge on any atom is -0.456 e. The van der Waals surface area contributed by atoms with Crippen molar-refractivity contribution in [1.82, 2.24) is 0 Å². The average molecular weight is 902 g/mol. The zero-order valence-electron chi connectivity index (χ0n) is 36.7. The highest BCUT2D eigenvalue weighted by atomic mass is 32.2. The van der Waals surface area contributed by atoms with E-state index in [-0.39, 0.29) is 0 Å². The summed E-state index contributed by atoms with van der Waals surface area (Å²) in [7, 11) is 0. The van der Waals surface area contributed by atoms with E-state index < -0.39 is 10.8 Å². The first kappa shape index (κ1) is 38.4. The van der Waals surface area contributed by atoms with Crippen LogP contribution >= 0.6 is 23.5 Å². The minimum absolute atomic E-state index is 0.526. The molecule has 10 aromatic carbocycles. The molecule has 0 amide bonds. The van der Waals surface area contributed by atoms with Crippen LogP contribution < -0.4 is 4.90 Å². The SMILES string of the molecule is C=Cc1ccc2c(c1)Sc1ccc(N(c3ccc4c(c3)C3(c5ccccc5S4)c4ccccc4-c4ccccc43)c3cccc4oc5ccccc5c34)cc1C21c2ccccc2-c2ccccc21. The molecule has 11 aromatic rings. The number of fused-ring (bicyclic) bond motifs is 21. The van der Waals surface area contributed by atoms with Crippen molar-refractivity contribution in [3.63, 3.8) is 0 Å². The summed E-state index contributed by atoms with van der Waals surface area (Å²) in [5.41, 5.74) is 20.6. The van der Waals surface area contributed by atoms with Crippen LogP contribution in [0, 0.1) is 0 Å². The maximum Gasteiger partial charge on any atom is 0.137 e. The number of rotatable bonds is 4. The van der Waals surface area contributed by atoms with Gasteiger partial charge in [-0.1, -0.05) is 188 Å². The van der Waals surface area contributed by atoms with Crippen molar-refractivity contribution in [2.75, 3.05) is 4.90 Å². The van der Waals surface area contributed by atoms with Gasteiger partial charge in [0, 0.05) is 36.3 Å². The van der Waals surface area contributed by atoms with E-state index >= 15 is 0 Å². The van der Waals surface area contributed by atoms with E-state index in [1.54, 1.807) is 0 Å². The predicted molar refractivity (Wildman–Crippen MR) is 281 cm³/mol. The summed E-state index contributed by atoms with van der Waals surface area (Å²) in [6.07, 6.45) is 1.96. The second-order valence-electron chi connectivity index (χ2n) is 18.3. The van der Waals surface area contributed by atoms with Crippen LogP contribution in [0.15, 0.2) is 249 Å². The molecule has 2 aliphatic heterocycles. The standard InChI is InChI=1S/C64H39NOS2/c1-2-39-30-33-52-61(36-39)68-60-35-32-41(38-54(60)64(52)49-23-10-5-18-44(49)45-19-6-11-24-50(45)64)65(55-26-15-28-57-62(55)46-20-7-13-27-56(46)66-57)40-31-34-59-53(37-40)63(51-25-12-14-29-58(51)67-59)47-21-8-3-16-42(47)43-17-4-9-22-48(43)63/h2-38H,1H2. The van der Waals surface area contributed by atoms with Gasteiger partial charge in [-0.15, -0.1) is 0 Å². The van der Waals surface area contributed by atoms with Crippen LogP contribution in [0.4, 0.5) is 17.1 Å². The van der Waals surface area contributed by atoms with E-state index in [1.807, 2.05) is 29.6 Å². The highest BCUT2D eigenvalue weighted by Crippen LogP contribution is 2.65. The third-order valence-electron chi connectivity index (χ3n) is 15.2. The second-order valence-corrected chi connectivity index (χ2v) is 20.5. The molecular formula is C64H39NOS2. The molecule has 1 aromatic heterocycles. The lowest BCUT2D eigenvalue weighted by atomic mass is 9.67. The van der Waals surface area contributed by atoms with Crippen LogP contribution in [0.25, 0.3) is 50.3 Å². The first-order valence-electron chi connectivity index (χ1n) is 23.3. The van der Waals surface area contributed by atoms with E-state index in [0.29, 0.717) is 0 Å². The Balaban J connectivity index is 1.04. The zero-order chi connectivity index (χ0) is 44.7. The molecule has 0 radical (unpaired) electrons. The Hall–Kier alpha value is -7.76. The van der Waals surface area contributed by atoms with Gasteiger partial charge in [0.2, 0.25) is 0 Å². The van der Waals surface area contributed by atoms with Gasteiger partial charge in [-0.25, -0.2) is 0 Å². The number of para-hydroxylation sites is 1. The molecule has 0 saturated carbocycles. The van der Waals surface area contributed by atoms with Gasteiger partial charge in [0.15, 0.2) is 0 Å². The van der Waals surface area contributed by atoms with Gasteiger partial charge in [-0.05, 0) is 139 Å². The lowest BCUT2D eigenvalue weighted by Crippen LogP contribution is -2.32. The molecule has 0 atom stereocenters. The van der Waals surface area contributed by atoms with Crippen LogP contribution in [-0.4, -0.2) is 0 Å². The Bertz CT molecular complexity index is 3900. The van der Waals surface area contributed by atoms with Crippen LogP contribution in [0.3, 0.4) is 0 Å². The highest BCUT2D eigenvalue weighted by molar-refractivity contribution is 7.99. The van der Waals surface area contributed by atoms with Gasteiger partial charge in [-0.2, -0.15) is 0 Å². The number of nitrogens with zero attached hydrogens (tertiary/aromatic N) is 1. The van der Waals surface area contributed by atoms with Gasteiger partial charge in [0.05, 0.1) is 21.9 Å². The van der Waals surface area contributed by atoms with E-state index in [1.165, 1.54) is 86.3 Å². The monoisotopic (exact) mass is 901 g/mol. The van der Waals surface area contributed by atoms with E-state index in [2.05, 4.69) is 230 Å². The Morgan fingerprint density at radius 3 is 1.44 bits per heavy atom. The first-order valence-corrected chi connectivity index (χ1v) is 24.9. The summed E-state index contributed by atoms with van der Waals surface area (Å²) < 4.78 is 6.66. The van der Waals surface area contributed by atoms with Crippen LogP contribution in [0.2, 0.25) is 0 Å². The molecule has 0 N–H and O–H groups in total. The molecule has 68 heavy (non-hydrogen) atoms. The van der Waals surface area contributed by atoms with E-state index in [9.17, 15) is 0 Å². The topological polar surface area (TPSA) is 16.4 Å². The third-order valence-corrected chi connectivity index (χ3v) is 17.4. The summed E-state index contributed by atoms with van der Waals surface area (Å²) in [5, 5.41) is 2.18. The number of hydrogen-bond acceptors (Lipinski definition) is 4. The molecule has 0 bridgehead atoms.